The zero-order chi connectivity index (χ0) is 18.8. The van der Waals surface area contributed by atoms with E-state index in [9.17, 15) is 4.79 Å². The Labute approximate surface area is 157 Å². The zero-order valence-electron chi connectivity index (χ0n) is 14.7. The molecule has 0 spiro atoms. The van der Waals surface area contributed by atoms with Crippen molar-refractivity contribution in [1.82, 2.24) is 0 Å². The minimum atomic E-state index is -0.326. The highest BCUT2D eigenvalue weighted by Gasteiger charge is 2.11. The Balaban J connectivity index is 1.74. The Morgan fingerprint density at radius 3 is 2.46 bits per heavy atom. The van der Waals surface area contributed by atoms with Crippen LogP contribution in [0.4, 0.5) is 0 Å². The first-order chi connectivity index (χ1) is 12.6. The first-order valence-electron chi connectivity index (χ1n) is 8.55. The summed E-state index contributed by atoms with van der Waals surface area (Å²) in [5, 5.41) is 9.81. The van der Waals surface area contributed by atoms with E-state index in [0.717, 1.165) is 25.0 Å². The van der Waals surface area contributed by atoms with Crippen LogP contribution < -0.4 is 14.9 Å². The smallest absolute Gasteiger partial charge is 0.227 e. The fourth-order valence-corrected chi connectivity index (χ4v) is 2.43. The van der Waals surface area contributed by atoms with Gasteiger partial charge in [0.05, 0.1) is 13.2 Å². The Morgan fingerprint density at radius 2 is 1.81 bits per heavy atom. The fourth-order valence-electron chi connectivity index (χ4n) is 2.31. The molecule has 1 aromatic heterocycles. The number of aliphatic hydroxyl groups excluding tert-OH is 1. The van der Waals surface area contributed by atoms with Gasteiger partial charge in [0, 0.05) is 11.1 Å². The molecule has 0 radical (unpaired) electrons. The summed E-state index contributed by atoms with van der Waals surface area (Å²) in [5.74, 6) is 1.52. The van der Waals surface area contributed by atoms with Gasteiger partial charge < -0.3 is 19.0 Å². The molecule has 1 N–H and O–H groups in total. The van der Waals surface area contributed by atoms with Crippen molar-refractivity contribution in [2.24, 2.45) is 0 Å². The van der Waals surface area contributed by atoms with E-state index in [-0.39, 0.29) is 23.5 Å². The summed E-state index contributed by atoms with van der Waals surface area (Å²) in [6.45, 7) is 2.51. The molecule has 26 heavy (non-hydrogen) atoms. The molecule has 0 aliphatic rings. The minimum absolute atomic E-state index is 0.178. The molecule has 0 unspecified atom stereocenters. The number of ether oxygens (including phenoxy) is 2. The molecule has 0 atom stereocenters. The molecule has 6 heteroatoms. The normalized spacial score (nSPS) is 11.0. The number of hydrogen-bond acceptors (Lipinski definition) is 5. The molecule has 2 rings (SSSR count). The lowest BCUT2D eigenvalue weighted by Crippen LogP contribution is -2.11. The summed E-state index contributed by atoms with van der Waals surface area (Å²) >= 11 is 5.82. The van der Waals surface area contributed by atoms with E-state index in [4.69, 9.17) is 30.6 Å². The highest BCUT2D eigenvalue weighted by Crippen LogP contribution is 2.18. The van der Waals surface area contributed by atoms with Gasteiger partial charge in [-0.3, -0.25) is 4.79 Å². The van der Waals surface area contributed by atoms with Crippen LogP contribution in [-0.4, -0.2) is 18.3 Å². The number of unbranched alkanes of at least 4 members (excludes halogenated alkanes) is 2. The SMILES string of the molecule is C/C=C/c1oc(CO)cc(=O)c1OCCCCCOc1ccc(Cl)cc1. The predicted molar refractivity (Wildman–Crippen MR) is 102 cm³/mol. The highest BCUT2D eigenvalue weighted by molar-refractivity contribution is 6.30. The van der Waals surface area contributed by atoms with E-state index in [0.29, 0.717) is 24.0 Å². The molecule has 0 aliphatic heterocycles. The van der Waals surface area contributed by atoms with Crippen molar-refractivity contribution < 1.29 is 19.0 Å². The summed E-state index contributed by atoms with van der Waals surface area (Å²) in [6, 6.07) is 8.51. The second kappa shape index (κ2) is 10.7. The van der Waals surface area contributed by atoms with Crippen LogP contribution in [0.15, 0.2) is 45.6 Å². The van der Waals surface area contributed by atoms with Gasteiger partial charge in [0.15, 0.2) is 5.76 Å². The second-order valence-electron chi connectivity index (χ2n) is 5.64. The molecular weight excluding hydrogens is 356 g/mol. The van der Waals surface area contributed by atoms with Gasteiger partial charge in [-0.2, -0.15) is 0 Å². The minimum Gasteiger partial charge on any atom is -0.494 e. The summed E-state index contributed by atoms with van der Waals surface area (Å²) in [5.41, 5.74) is -0.292. The van der Waals surface area contributed by atoms with E-state index in [1.807, 2.05) is 19.1 Å². The van der Waals surface area contributed by atoms with Crippen molar-refractivity contribution in [1.29, 1.82) is 0 Å². The van der Waals surface area contributed by atoms with Gasteiger partial charge in [0.1, 0.15) is 18.1 Å². The van der Waals surface area contributed by atoms with Gasteiger partial charge >= 0.3 is 0 Å². The first-order valence-corrected chi connectivity index (χ1v) is 8.93. The van der Waals surface area contributed by atoms with Gasteiger partial charge in [-0.25, -0.2) is 0 Å². The van der Waals surface area contributed by atoms with Gasteiger partial charge in [-0.05, 0) is 56.5 Å². The van der Waals surface area contributed by atoms with Crippen LogP contribution in [0.5, 0.6) is 11.5 Å². The molecule has 0 bridgehead atoms. The van der Waals surface area contributed by atoms with Crippen LogP contribution in [0.1, 0.15) is 37.7 Å². The largest absolute Gasteiger partial charge is 0.494 e. The van der Waals surface area contributed by atoms with E-state index in [1.165, 1.54) is 6.07 Å². The van der Waals surface area contributed by atoms with E-state index in [2.05, 4.69) is 0 Å². The van der Waals surface area contributed by atoms with Crippen molar-refractivity contribution in [3.8, 4) is 11.5 Å². The first kappa shape index (κ1) is 20.1. The van der Waals surface area contributed by atoms with Gasteiger partial charge in [0.2, 0.25) is 11.2 Å². The third kappa shape index (κ3) is 6.24. The maximum Gasteiger partial charge on any atom is 0.227 e. The van der Waals surface area contributed by atoms with E-state index in [1.54, 1.807) is 24.3 Å². The average Bonchev–Trinajstić information content (AvgIpc) is 2.64. The van der Waals surface area contributed by atoms with Crippen molar-refractivity contribution in [3.63, 3.8) is 0 Å². The molecule has 0 saturated heterocycles. The Hall–Kier alpha value is -2.24. The highest BCUT2D eigenvalue weighted by atomic mass is 35.5. The zero-order valence-corrected chi connectivity index (χ0v) is 15.5. The quantitative estimate of drug-likeness (QED) is 0.618. The number of hydrogen-bond donors (Lipinski definition) is 1. The molecule has 5 nitrogen and oxygen atoms in total. The van der Waals surface area contributed by atoms with Crippen molar-refractivity contribution in [2.45, 2.75) is 32.8 Å². The van der Waals surface area contributed by atoms with Crippen LogP contribution in [-0.2, 0) is 6.61 Å². The lowest BCUT2D eigenvalue weighted by Gasteiger charge is -2.09. The lowest BCUT2D eigenvalue weighted by molar-refractivity contribution is 0.234. The summed E-state index contributed by atoms with van der Waals surface area (Å²) in [6.07, 6.45) is 5.98. The maximum absolute atomic E-state index is 12.1. The fraction of sp³-hybridized carbons (Fsp3) is 0.350. The van der Waals surface area contributed by atoms with Crippen molar-refractivity contribution in [2.75, 3.05) is 13.2 Å². The van der Waals surface area contributed by atoms with Gasteiger partial charge in [-0.15, -0.1) is 0 Å². The van der Waals surface area contributed by atoms with Gasteiger partial charge in [0.25, 0.3) is 0 Å². The Kier molecular flexibility index (Phi) is 8.25. The predicted octanol–water partition coefficient (Wildman–Crippen LogP) is 4.45. The van der Waals surface area contributed by atoms with E-state index < -0.39 is 0 Å². The molecule has 0 saturated carbocycles. The van der Waals surface area contributed by atoms with E-state index >= 15 is 0 Å². The summed E-state index contributed by atoms with van der Waals surface area (Å²) in [4.78, 5) is 12.1. The van der Waals surface area contributed by atoms with Crippen LogP contribution in [0.3, 0.4) is 0 Å². The van der Waals surface area contributed by atoms with Gasteiger partial charge in [-0.1, -0.05) is 17.7 Å². The maximum atomic E-state index is 12.1. The van der Waals surface area contributed by atoms with Crippen LogP contribution in [0.2, 0.25) is 5.02 Å². The standard InChI is InChI=1S/C20H23ClO5/c1-2-6-19-20(18(23)13-17(14-22)26-19)25-12-5-3-4-11-24-16-9-7-15(21)8-10-16/h2,6-10,13,22H,3-5,11-12,14H2,1H3/b6-2+. The third-order valence-electron chi connectivity index (χ3n) is 3.57. The molecule has 1 aromatic carbocycles. The number of benzene rings is 1. The molecule has 0 amide bonds. The van der Waals surface area contributed by atoms with Crippen molar-refractivity contribution in [3.05, 3.63) is 63.2 Å². The topological polar surface area (TPSA) is 68.9 Å². The Bertz CT molecular complexity index is 765. The summed E-state index contributed by atoms with van der Waals surface area (Å²) in [7, 11) is 0. The molecule has 0 aliphatic carbocycles. The third-order valence-corrected chi connectivity index (χ3v) is 3.82. The monoisotopic (exact) mass is 378 g/mol. The lowest BCUT2D eigenvalue weighted by atomic mass is 10.2. The number of aliphatic hydroxyl groups is 1. The molecule has 2 aromatic rings. The Morgan fingerprint density at radius 1 is 1.12 bits per heavy atom. The van der Waals surface area contributed by atoms with Crippen LogP contribution in [0.25, 0.3) is 6.08 Å². The van der Waals surface area contributed by atoms with Crippen LogP contribution in [0, 0.1) is 0 Å². The molecule has 1 heterocycles. The van der Waals surface area contributed by atoms with Crippen LogP contribution >= 0.6 is 11.6 Å². The second-order valence-corrected chi connectivity index (χ2v) is 6.08. The number of halogens is 1. The average molecular weight is 379 g/mol. The molecular formula is C20H23ClO5. The molecule has 0 fully saturated rings. The number of allylic oxidation sites excluding steroid dienone is 1. The van der Waals surface area contributed by atoms with Crippen molar-refractivity contribution >= 4 is 17.7 Å². The molecule has 140 valence electrons. The summed E-state index contributed by atoms with van der Waals surface area (Å²) < 4.78 is 16.7. The number of rotatable bonds is 10.